The van der Waals surface area contributed by atoms with E-state index < -0.39 is 11.8 Å². The Morgan fingerprint density at radius 3 is 2.64 bits per heavy atom. The van der Waals surface area contributed by atoms with Gasteiger partial charge in [-0.15, -0.1) is 0 Å². The molecule has 0 radical (unpaired) electrons. The van der Waals surface area contributed by atoms with Gasteiger partial charge in [0.15, 0.2) is 0 Å². The second-order valence-corrected chi connectivity index (χ2v) is 6.14. The zero-order chi connectivity index (χ0) is 9.46. The van der Waals surface area contributed by atoms with Crippen LogP contribution in [0.4, 0.5) is 8.78 Å². The zero-order valence-corrected chi connectivity index (χ0v) is 7.66. The van der Waals surface area contributed by atoms with Crippen LogP contribution in [0, 0.1) is 46.8 Å². The minimum absolute atomic E-state index is 0.0266. The summed E-state index contributed by atoms with van der Waals surface area (Å²) in [7, 11) is 0. The van der Waals surface area contributed by atoms with Gasteiger partial charge in [0.2, 0.25) is 0 Å². The molecule has 8 unspecified atom stereocenters. The molecular weight excluding hydrogens is 186 g/mol. The number of hydrogen-bond acceptors (Lipinski definition) is 1. The minimum atomic E-state index is -2.43. The number of halogens is 2. The summed E-state index contributed by atoms with van der Waals surface area (Å²) < 4.78 is 27.9. The van der Waals surface area contributed by atoms with Crippen LogP contribution in [-0.2, 0) is 0 Å². The fraction of sp³-hybridized carbons (Fsp3) is 1.00. The van der Waals surface area contributed by atoms with Crippen molar-refractivity contribution in [2.45, 2.75) is 12.3 Å². The van der Waals surface area contributed by atoms with Crippen molar-refractivity contribution in [1.82, 2.24) is 0 Å². The average molecular weight is 198 g/mol. The minimum Gasteiger partial charge on any atom is -0.396 e. The van der Waals surface area contributed by atoms with Crippen LogP contribution in [0.2, 0.25) is 0 Å². The highest BCUT2D eigenvalue weighted by molar-refractivity contribution is 5.41. The predicted octanol–water partition coefficient (Wildman–Crippen LogP) is 1.37. The van der Waals surface area contributed by atoms with Crippen LogP contribution in [0.1, 0.15) is 6.42 Å². The van der Waals surface area contributed by atoms with Gasteiger partial charge in [-0.2, -0.15) is 0 Å². The number of rotatable bonds is 1. The maximum Gasteiger partial charge on any atom is 0.255 e. The van der Waals surface area contributed by atoms with Crippen LogP contribution in [0.5, 0.6) is 0 Å². The first-order valence-electron chi connectivity index (χ1n) is 5.64. The lowest BCUT2D eigenvalue weighted by atomic mass is 9.34. The van der Waals surface area contributed by atoms with Crippen LogP contribution < -0.4 is 0 Å². The molecule has 0 aromatic rings. The third-order valence-corrected chi connectivity index (χ3v) is 6.60. The van der Waals surface area contributed by atoms with Crippen LogP contribution >= 0.6 is 0 Å². The number of aliphatic hydroxyl groups is 1. The van der Waals surface area contributed by atoms with E-state index >= 15 is 0 Å². The Hall–Kier alpha value is -0.180. The van der Waals surface area contributed by atoms with E-state index in [0.717, 1.165) is 6.42 Å². The summed E-state index contributed by atoms with van der Waals surface area (Å²) in [6, 6.07) is 0. The Morgan fingerprint density at radius 2 is 2.00 bits per heavy atom. The van der Waals surface area contributed by atoms with Crippen LogP contribution in [0.3, 0.4) is 0 Å². The number of alkyl halides is 2. The van der Waals surface area contributed by atoms with Gasteiger partial charge in [-0.3, -0.25) is 0 Å². The largest absolute Gasteiger partial charge is 0.396 e. The average Bonchev–Trinajstić information content (AvgIpc) is 2.54. The first-order chi connectivity index (χ1) is 6.65. The maximum absolute atomic E-state index is 13.9. The van der Waals surface area contributed by atoms with E-state index in [-0.39, 0.29) is 29.8 Å². The molecule has 4 bridgehead atoms. The molecule has 1 nitrogen and oxygen atoms in total. The van der Waals surface area contributed by atoms with Gasteiger partial charge < -0.3 is 5.11 Å². The van der Waals surface area contributed by atoms with Crippen molar-refractivity contribution in [2.24, 2.45) is 46.8 Å². The Bertz CT molecular complexity index is 368. The quantitative estimate of drug-likeness (QED) is 0.674. The van der Waals surface area contributed by atoms with E-state index in [1.54, 1.807) is 0 Å². The first-order valence-corrected chi connectivity index (χ1v) is 5.64. The highest BCUT2D eigenvalue weighted by Crippen LogP contribution is 2.96. The normalized spacial score (nSPS) is 77.8. The highest BCUT2D eigenvalue weighted by Gasteiger charge is 2.97. The third kappa shape index (κ3) is 0.329. The highest BCUT2D eigenvalue weighted by atomic mass is 19.3. The molecule has 6 rings (SSSR count). The summed E-state index contributed by atoms with van der Waals surface area (Å²) in [6.07, 6.45) is 1.00. The van der Waals surface area contributed by atoms with Gasteiger partial charge in [0.25, 0.3) is 5.92 Å². The number of aliphatic hydroxyl groups excluding tert-OH is 1. The summed E-state index contributed by atoms with van der Waals surface area (Å²) in [5, 5.41) is 9.48. The van der Waals surface area contributed by atoms with Crippen molar-refractivity contribution in [3.63, 3.8) is 0 Å². The van der Waals surface area contributed by atoms with Crippen molar-refractivity contribution in [1.29, 1.82) is 0 Å². The molecule has 6 aliphatic carbocycles. The fourth-order valence-electron chi connectivity index (χ4n) is 6.75. The maximum atomic E-state index is 13.9. The molecule has 6 fully saturated rings. The van der Waals surface area contributed by atoms with Crippen LogP contribution in [-0.4, -0.2) is 17.6 Å². The SMILES string of the molecule is OCC12C3CC4C5C3C1C5C(F)(F)C42. The van der Waals surface area contributed by atoms with Crippen LogP contribution in [0.15, 0.2) is 0 Å². The third-order valence-electron chi connectivity index (χ3n) is 6.60. The summed E-state index contributed by atoms with van der Waals surface area (Å²) in [4.78, 5) is 0. The summed E-state index contributed by atoms with van der Waals surface area (Å²) in [5.74, 6) is -1.26. The molecule has 76 valence electrons. The van der Waals surface area contributed by atoms with E-state index in [1.807, 2.05) is 0 Å². The van der Waals surface area contributed by atoms with E-state index in [1.165, 1.54) is 0 Å². The molecule has 0 amide bonds. The molecule has 3 heteroatoms. The van der Waals surface area contributed by atoms with Gasteiger partial charge in [0, 0.05) is 23.9 Å². The molecule has 1 N–H and O–H groups in total. The van der Waals surface area contributed by atoms with Crippen molar-refractivity contribution >= 4 is 0 Å². The molecule has 6 saturated carbocycles. The van der Waals surface area contributed by atoms with Crippen molar-refractivity contribution in [3.8, 4) is 0 Å². The van der Waals surface area contributed by atoms with Crippen molar-refractivity contribution in [2.75, 3.05) is 6.61 Å². The molecule has 0 aromatic heterocycles. The molecule has 14 heavy (non-hydrogen) atoms. The lowest BCUT2D eigenvalue weighted by molar-refractivity contribution is -0.256. The van der Waals surface area contributed by atoms with Crippen molar-refractivity contribution < 1.29 is 13.9 Å². The molecule has 0 heterocycles. The molecule has 8 atom stereocenters. The molecule has 6 aliphatic rings. The van der Waals surface area contributed by atoms with Gasteiger partial charge in [-0.05, 0) is 36.0 Å². The lowest BCUT2D eigenvalue weighted by Gasteiger charge is -2.69. The Balaban J connectivity index is 1.82. The Morgan fingerprint density at radius 1 is 1.21 bits per heavy atom. The molecule has 0 spiro atoms. The monoisotopic (exact) mass is 198 g/mol. The van der Waals surface area contributed by atoms with Gasteiger partial charge in [-0.1, -0.05) is 0 Å². The van der Waals surface area contributed by atoms with Gasteiger partial charge in [0.05, 0.1) is 0 Å². The van der Waals surface area contributed by atoms with E-state index in [0.29, 0.717) is 17.8 Å². The summed E-state index contributed by atoms with van der Waals surface area (Å²) >= 11 is 0. The lowest BCUT2D eigenvalue weighted by Crippen LogP contribution is -2.69. The summed E-state index contributed by atoms with van der Waals surface area (Å²) in [5.41, 5.74) is -0.307. The second-order valence-electron chi connectivity index (χ2n) is 6.14. The molecule has 0 saturated heterocycles. The van der Waals surface area contributed by atoms with Gasteiger partial charge in [-0.25, -0.2) is 8.78 Å². The van der Waals surface area contributed by atoms with Crippen molar-refractivity contribution in [3.05, 3.63) is 0 Å². The standard InChI is InChI=1S/C11H12F2O/c12-11(13)8-5-3-1-4-6(5)7(8)10(4,2-14)9(3)11/h3-9,14H,1-2H2. The smallest absolute Gasteiger partial charge is 0.255 e. The first kappa shape index (κ1) is 7.15. The van der Waals surface area contributed by atoms with E-state index in [2.05, 4.69) is 0 Å². The zero-order valence-electron chi connectivity index (χ0n) is 7.66. The predicted molar refractivity (Wildman–Crippen MR) is 43.5 cm³/mol. The molecule has 0 aromatic carbocycles. The topological polar surface area (TPSA) is 20.2 Å². The van der Waals surface area contributed by atoms with Crippen LogP contribution in [0.25, 0.3) is 0 Å². The summed E-state index contributed by atoms with van der Waals surface area (Å²) in [6.45, 7) is 0.0266. The van der Waals surface area contributed by atoms with Gasteiger partial charge >= 0.3 is 0 Å². The Labute approximate surface area is 80.5 Å². The fourth-order valence-corrected chi connectivity index (χ4v) is 6.75. The number of hydrogen-bond donors (Lipinski definition) is 1. The van der Waals surface area contributed by atoms with E-state index in [4.69, 9.17) is 0 Å². The van der Waals surface area contributed by atoms with E-state index in [9.17, 15) is 13.9 Å². The van der Waals surface area contributed by atoms with Gasteiger partial charge in [0.1, 0.15) is 0 Å². The second kappa shape index (κ2) is 1.48. The molecular formula is C11H12F2O. The Kier molecular flexibility index (Phi) is 0.755. The molecule has 0 aliphatic heterocycles.